The first kappa shape index (κ1) is 12.2. The molecule has 0 aliphatic rings. The topological polar surface area (TPSA) is 64.7 Å². The van der Waals surface area contributed by atoms with Gasteiger partial charge in [0.05, 0.1) is 0 Å². The number of aliphatic imine (C=N–C) groups is 1. The molecule has 0 bridgehead atoms. The van der Waals surface area contributed by atoms with Crippen molar-refractivity contribution >= 4 is 11.9 Å². The summed E-state index contributed by atoms with van der Waals surface area (Å²) in [6.45, 7) is 5.33. The second kappa shape index (κ2) is 4.79. The summed E-state index contributed by atoms with van der Waals surface area (Å²) in [7, 11) is 0. The molecule has 1 aromatic rings. The third-order valence-corrected chi connectivity index (χ3v) is 1.67. The molecule has 1 rings (SSSR count). The molecule has 0 spiro atoms. The molecule has 0 atom stereocenters. The Balaban J connectivity index is 2.75. The van der Waals surface area contributed by atoms with E-state index >= 15 is 0 Å². The third-order valence-electron chi connectivity index (χ3n) is 1.67. The van der Waals surface area contributed by atoms with Gasteiger partial charge < -0.3 is 10.5 Å². The molecule has 16 heavy (non-hydrogen) atoms. The molecule has 0 unspecified atom stereocenters. The number of benzene rings is 1. The number of hydrogen-bond donors (Lipinski definition) is 1. The summed E-state index contributed by atoms with van der Waals surface area (Å²) in [5, 5.41) is 0. The molecule has 0 saturated heterocycles. The van der Waals surface area contributed by atoms with Crippen molar-refractivity contribution in [3.63, 3.8) is 0 Å². The minimum absolute atomic E-state index is 0.162. The van der Waals surface area contributed by atoms with Gasteiger partial charge in [-0.15, -0.1) is 0 Å². The Morgan fingerprint density at radius 2 is 1.81 bits per heavy atom. The van der Waals surface area contributed by atoms with Gasteiger partial charge in [-0.1, -0.05) is 30.3 Å². The Labute approximate surface area is 95.1 Å². The first-order valence-electron chi connectivity index (χ1n) is 5.01. The van der Waals surface area contributed by atoms with E-state index < -0.39 is 11.7 Å². The van der Waals surface area contributed by atoms with Crippen molar-refractivity contribution in [2.75, 3.05) is 0 Å². The van der Waals surface area contributed by atoms with Crippen LogP contribution >= 0.6 is 0 Å². The maximum Gasteiger partial charge on any atom is 0.436 e. The number of carbonyl (C=O) groups is 1. The van der Waals surface area contributed by atoms with Crippen LogP contribution in [0.4, 0.5) is 4.79 Å². The van der Waals surface area contributed by atoms with Gasteiger partial charge in [0.25, 0.3) is 0 Å². The number of nitrogens with zero attached hydrogens (tertiary/aromatic N) is 1. The van der Waals surface area contributed by atoms with Crippen LogP contribution in [0, 0.1) is 0 Å². The lowest BCUT2D eigenvalue weighted by Crippen LogP contribution is -2.24. The average molecular weight is 220 g/mol. The van der Waals surface area contributed by atoms with Gasteiger partial charge >= 0.3 is 6.09 Å². The SMILES string of the molecule is CC(C)(C)OC(=O)N=C(N)c1ccccc1. The predicted octanol–water partition coefficient (Wildman–Crippen LogP) is 2.33. The molecule has 2 N–H and O–H groups in total. The monoisotopic (exact) mass is 220 g/mol. The largest absolute Gasteiger partial charge is 0.442 e. The second-order valence-corrected chi connectivity index (χ2v) is 4.34. The Bertz CT molecular complexity index is 391. The minimum Gasteiger partial charge on any atom is -0.442 e. The Morgan fingerprint density at radius 3 is 2.31 bits per heavy atom. The number of amides is 1. The minimum atomic E-state index is -0.672. The van der Waals surface area contributed by atoms with Crippen LogP contribution in [0.25, 0.3) is 0 Å². The molecular formula is C12H16N2O2. The summed E-state index contributed by atoms with van der Waals surface area (Å²) in [4.78, 5) is 15.0. The summed E-state index contributed by atoms with van der Waals surface area (Å²) in [5.41, 5.74) is 5.81. The molecule has 1 aromatic carbocycles. The Morgan fingerprint density at radius 1 is 1.25 bits per heavy atom. The second-order valence-electron chi connectivity index (χ2n) is 4.34. The van der Waals surface area contributed by atoms with Crippen LogP contribution in [0.5, 0.6) is 0 Å². The third kappa shape index (κ3) is 4.13. The first-order valence-corrected chi connectivity index (χ1v) is 5.01. The zero-order chi connectivity index (χ0) is 12.2. The van der Waals surface area contributed by atoms with Crippen LogP contribution in [0.2, 0.25) is 0 Å². The Kier molecular flexibility index (Phi) is 3.66. The van der Waals surface area contributed by atoms with Gasteiger partial charge in [0, 0.05) is 5.56 Å². The summed E-state index contributed by atoms with van der Waals surface area (Å²) in [5.74, 6) is 0.162. The number of hydrogen-bond acceptors (Lipinski definition) is 2. The van der Waals surface area contributed by atoms with Gasteiger partial charge in [0.1, 0.15) is 11.4 Å². The number of ether oxygens (including phenoxy) is 1. The molecule has 0 saturated carbocycles. The smallest absolute Gasteiger partial charge is 0.436 e. The van der Waals surface area contributed by atoms with Gasteiger partial charge in [0.15, 0.2) is 0 Å². The van der Waals surface area contributed by atoms with Crippen LogP contribution in [0.15, 0.2) is 35.3 Å². The Hall–Kier alpha value is -1.84. The number of carbonyl (C=O) groups excluding carboxylic acids is 1. The molecule has 0 aliphatic heterocycles. The van der Waals surface area contributed by atoms with E-state index in [1.165, 1.54) is 0 Å². The highest BCUT2D eigenvalue weighted by molar-refractivity contribution is 6.02. The predicted molar refractivity (Wildman–Crippen MR) is 63.4 cm³/mol. The van der Waals surface area contributed by atoms with Gasteiger partial charge in [-0.25, -0.2) is 4.79 Å². The molecule has 0 heterocycles. The zero-order valence-electron chi connectivity index (χ0n) is 9.73. The van der Waals surface area contributed by atoms with Crippen LogP contribution < -0.4 is 5.73 Å². The maximum absolute atomic E-state index is 11.4. The summed E-state index contributed by atoms with van der Waals surface area (Å²) >= 11 is 0. The number of rotatable bonds is 1. The molecule has 0 radical (unpaired) electrons. The highest BCUT2D eigenvalue weighted by atomic mass is 16.6. The van der Waals surface area contributed by atoms with Crippen molar-refractivity contribution in [3.05, 3.63) is 35.9 Å². The fourth-order valence-corrected chi connectivity index (χ4v) is 1.06. The average Bonchev–Trinajstić information content (AvgIpc) is 2.16. The molecule has 86 valence electrons. The first-order chi connectivity index (χ1) is 7.38. The van der Waals surface area contributed by atoms with E-state index in [0.29, 0.717) is 5.56 Å². The zero-order valence-corrected chi connectivity index (χ0v) is 9.73. The fourth-order valence-electron chi connectivity index (χ4n) is 1.06. The van der Waals surface area contributed by atoms with Gasteiger partial charge in [-0.3, -0.25) is 0 Å². The number of amidine groups is 1. The normalized spacial score (nSPS) is 12.3. The maximum atomic E-state index is 11.4. The summed E-state index contributed by atoms with van der Waals surface area (Å²) in [6.07, 6.45) is -0.672. The van der Waals surface area contributed by atoms with E-state index in [4.69, 9.17) is 10.5 Å². The van der Waals surface area contributed by atoms with E-state index in [1.807, 2.05) is 18.2 Å². The van der Waals surface area contributed by atoms with E-state index in [1.54, 1.807) is 32.9 Å². The summed E-state index contributed by atoms with van der Waals surface area (Å²) in [6, 6.07) is 9.08. The quantitative estimate of drug-likeness (QED) is 0.583. The van der Waals surface area contributed by atoms with Crippen molar-refractivity contribution < 1.29 is 9.53 Å². The van der Waals surface area contributed by atoms with Gasteiger partial charge in [-0.2, -0.15) is 4.99 Å². The molecule has 4 heteroatoms. The molecular weight excluding hydrogens is 204 g/mol. The van der Waals surface area contributed by atoms with Crippen molar-refractivity contribution in [1.29, 1.82) is 0 Å². The van der Waals surface area contributed by atoms with E-state index in [-0.39, 0.29) is 5.84 Å². The fraction of sp³-hybridized carbons (Fsp3) is 0.333. The standard InChI is InChI=1S/C12H16N2O2/c1-12(2,3)16-11(15)14-10(13)9-7-5-4-6-8-9/h4-8H,1-3H3,(H2,13,14,15). The van der Waals surface area contributed by atoms with Crippen molar-refractivity contribution in [1.82, 2.24) is 0 Å². The van der Waals surface area contributed by atoms with E-state index in [9.17, 15) is 4.79 Å². The van der Waals surface area contributed by atoms with Gasteiger partial charge in [0.2, 0.25) is 0 Å². The van der Waals surface area contributed by atoms with Gasteiger partial charge in [-0.05, 0) is 20.8 Å². The van der Waals surface area contributed by atoms with Crippen LogP contribution in [-0.2, 0) is 4.74 Å². The molecule has 0 aromatic heterocycles. The van der Waals surface area contributed by atoms with Crippen molar-refractivity contribution in [2.24, 2.45) is 10.7 Å². The van der Waals surface area contributed by atoms with Crippen molar-refractivity contribution in [3.8, 4) is 0 Å². The van der Waals surface area contributed by atoms with Crippen LogP contribution in [0.1, 0.15) is 26.3 Å². The molecule has 0 fully saturated rings. The number of nitrogens with two attached hydrogens (primary N) is 1. The molecule has 0 aliphatic carbocycles. The van der Waals surface area contributed by atoms with Crippen LogP contribution in [0.3, 0.4) is 0 Å². The van der Waals surface area contributed by atoms with E-state index in [2.05, 4.69) is 4.99 Å². The molecule has 1 amide bonds. The van der Waals surface area contributed by atoms with E-state index in [0.717, 1.165) is 0 Å². The highest BCUT2D eigenvalue weighted by Gasteiger charge is 2.15. The summed E-state index contributed by atoms with van der Waals surface area (Å²) < 4.78 is 5.02. The highest BCUT2D eigenvalue weighted by Crippen LogP contribution is 2.08. The lowest BCUT2D eigenvalue weighted by Gasteiger charge is -2.17. The lowest BCUT2D eigenvalue weighted by molar-refractivity contribution is 0.0604. The van der Waals surface area contributed by atoms with Crippen molar-refractivity contribution in [2.45, 2.75) is 26.4 Å². The van der Waals surface area contributed by atoms with Crippen LogP contribution in [-0.4, -0.2) is 17.5 Å². The molecule has 4 nitrogen and oxygen atoms in total. The lowest BCUT2D eigenvalue weighted by atomic mass is 10.2.